The Hall–Kier alpha value is -2.40. The van der Waals surface area contributed by atoms with E-state index in [0.717, 1.165) is 48.5 Å². The molecule has 3 aromatic rings. The van der Waals surface area contributed by atoms with Gasteiger partial charge in [0, 0.05) is 37.9 Å². The van der Waals surface area contributed by atoms with Gasteiger partial charge in [-0.3, -0.25) is 4.79 Å². The van der Waals surface area contributed by atoms with Gasteiger partial charge in [0.2, 0.25) is 10.0 Å². The van der Waals surface area contributed by atoms with Crippen molar-refractivity contribution in [1.29, 1.82) is 0 Å². The van der Waals surface area contributed by atoms with Crippen LogP contribution in [0.2, 0.25) is 0 Å². The lowest BCUT2D eigenvalue weighted by molar-refractivity contribution is -0.131. The van der Waals surface area contributed by atoms with Gasteiger partial charge in [0.05, 0.1) is 28.6 Å². The average Bonchev–Trinajstić information content (AvgIpc) is 3.51. The van der Waals surface area contributed by atoms with Crippen LogP contribution in [0.4, 0.5) is 0 Å². The van der Waals surface area contributed by atoms with E-state index in [9.17, 15) is 13.2 Å². The lowest BCUT2D eigenvalue weighted by Crippen LogP contribution is -2.39. The number of para-hydroxylation sites is 1. The number of carbonyl (C=O) groups excluding carboxylic acids is 1. The summed E-state index contributed by atoms with van der Waals surface area (Å²) >= 11 is 1.54. The molecular weight excluding hydrogens is 510 g/mol. The number of fused-ring (bicyclic) bond motifs is 1. The Kier molecular flexibility index (Phi) is 7.90. The molecule has 2 aliphatic rings. The van der Waals surface area contributed by atoms with Crippen molar-refractivity contribution < 1.29 is 22.7 Å². The van der Waals surface area contributed by atoms with Crippen LogP contribution in [0.1, 0.15) is 45.1 Å². The minimum absolute atomic E-state index is 0.100. The Bertz CT molecular complexity index is 1380. The van der Waals surface area contributed by atoms with Crippen molar-refractivity contribution in [2.24, 2.45) is 5.92 Å². The largest absolute Gasteiger partial charge is 0.426 e. The van der Waals surface area contributed by atoms with E-state index in [-0.39, 0.29) is 17.0 Å². The van der Waals surface area contributed by atoms with Crippen LogP contribution in [0.3, 0.4) is 0 Å². The molecule has 37 heavy (non-hydrogen) atoms. The van der Waals surface area contributed by atoms with Crippen LogP contribution in [-0.4, -0.2) is 54.0 Å². The van der Waals surface area contributed by atoms with Crippen LogP contribution in [0, 0.1) is 5.92 Å². The van der Waals surface area contributed by atoms with Crippen LogP contribution in [0.15, 0.2) is 52.5 Å². The number of hydrogen-bond acceptors (Lipinski definition) is 7. The molecule has 0 spiro atoms. The summed E-state index contributed by atoms with van der Waals surface area (Å²) in [5.41, 5.74) is 2.43. The van der Waals surface area contributed by atoms with Gasteiger partial charge in [-0.05, 0) is 55.9 Å². The fraction of sp³-hybridized carbons (Fsp3) is 0.481. The van der Waals surface area contributed by atoms with Crippen molar-refractivity contribution in [3.05, 3.63) is 48.0 Å². The number of carbonyl (C=O) groups is 1. The molecule has 10 heteroatoms. The van der Waals surface area contributed by atoms with Crippen LogP contribution in [0.5, 0.6) is 5.75 Å². The van der Waals surface area contributed by atoms with Crippen LogP contribution in [-0.2, 0) is 31.9 Å². The first-order valence-corrected chi connectivity index (χ1v) is 15.2. The highest BCUT2D eigenvalue weighted by Gasteiger charge is 2.29. The van der Waals surface area contributed by atoms with Gasteiger partial charge in [0.1, 0.15) is 5.75 Å². The van der Waals surface area contributed by atoms with E-state index in [1.807, 2.05) is 24.3 Å². The zero-order chi connectivity index (χ0) is 26.0. The Labute approximate surface area is 222 Å². The molecule has 198 valence electrons. The quantitative estimate of drug-likeness (QED) is 0.228. The van der Waals surface area contributed by atoms with E-state index in [2.05, 4.69) is 11.5 Å². The molecule has 8 nitrogen and oxygen atoms in total. The van der Waals surface area contributed by atoms with Crippen LogP contribution < -0.4 is 4.74 Å². The standard InChI is InChI=1S/C27H33N3O5S2/c1-19-7-5-13-29(16-19)37(32,33)23-11-12-25-24(15-23)28-27(30(25)17-22-9-6-14-34-22)36-18-21-8-3-4-10-26(21)35-20(2)31/h3-4,8,10-12,15,19,22H,5-7,9,13-14,16-18H2,1-2H3/t19-,22-/m1/s1. The molecule has 3 heterocycles. The number of aromatic nitrogens is 2. The number of benzene rings is 2. The number of hydrogen-bond donors (Lipinski definition) is 0. The third-order valence-electron chi connectivity index (χ3n) is 6.94. The normalized spacial score (nSPS) is 20.9. The van der Waals surface area contributed by atoms with Crippen molar-refractivity contribution in [2.75, 3.05) is 19.7 Å². The fourth-order valence-corrected chi connectivity index (χ4v) is 7.69. The molecular formula is C27H33N3O5S2. The van der Waals surface area contributed by atoms with Crippen molar-refractivity contribution in [2.45, 2.75) is 68.0 Å². The molecule has 0 unspecified atom stereocenters. The molecule has 0 amide bonds. The molecule has 5 rings (SSSR count). The molecule has 0 saturated carbocycles. The zero-order valence-electron chi connectivity index (χ0n) is 21.3. The lowest BCUT2D eigenvalue weighted by atomic mass is 10.0. The van der Waals surface area contributed by atoms with Gasteiger partial charge in [0.25, 0.3) is 0 Å². The highest BCUT2D eigenvalue weighted by Crippen LogP contribution is 2.33. The molecule has 0 aliphatic carbocycles. The maximum absolute atomic E-state index is 13.4. The van der Waals surface area contributed by atoms with Gasteiger partial charge in [-0.25, -0.2) is 13.4 Å². The number of nitrogens with zero attached hydrogens (tertiary/aromatic N) is 3. The Balaban J connectivity index is 1.46. The molecule has 0 N–H and O–H groups in total. The second-order valence-electron chi connectivity index (χ2n) is 9.89. The van der Waals surface area contributed by atoms with E-state index < -0.39 is 10.0 Å². The molecule has 2 saturated heterocycles. The second kappa shape index (κ2) is 11.1. The topological polar surface area (TPSA) is 90.7 Å². The zero-order valence-corrected chi connectivity index (χ0v) is 22.9. The van der Waals surface area contributed by atoms with Crippen molar-refractivity contribution in [3.8, 4) is 5.75 Å². The van der Waals surface area contributed by atoms with E-state index in [0.29, 0.717) is 42.6 Å². The van der Waals surface area contributed by atoms with Gasteiger partial charge in [-0.2, -0.15) is 4.31 Å². The monoisotopic (exact) mass is 543 g/mol. The fourth-order valence-electron chi connectivity index (χ4n) is 5.06. The van der Waals surface area contributed by atoms with E-state index in [1.165, 1.54) is 18.7 Å². The highest BCUT2D eigenvalue weighted by molar-refractivity contribution is 7.98. The molecule has 2 fully saturated rings. The Morgan fingerprint density at radius 1 is 1.19 bits per heavy atom. The summed E-state index contributed by atoms with van der Waals surface area (Å²) in [5.74, 6) is 1.08. The number of rotatable bonds is 8. The summed E-state index contributed by atoms with van der Waals surface area (Å²) in [6.45, 7) is 6.01. The van der Waals surface area contributed by atoms with Gasteiger partial charge < -0.3 is 14.0 Å². The first-order valence-electron chi connectivity index (χ1n) is 12.8. The van der Waals surface area contributed by atoms with Crippen molar-refractivity contribution in [3.63, 3.8) is 0 Å². The summed E-state index contributed by atoms with van der Waals surface area (Å²) < 4.78 is 41.8. The number of piperidine rings is 1. The number of ether oxygens (including phenoxy) is 2. The minimum atomic E-state index is -3.58. The molecule has 2 aliphatic heterocycles. The van der Waals surface area contributed by atoms with Gasteiger partial charge in [-0.15, -0.1) is 0 Å². The highest BCUT2D eigenvalue weighted by atomic mass is 32.2. The molecule has 2 aromatic carbocycles. The Morgan fingerprint density at radius 2 is 2.03 bits per heavy atom. The summed E-state index contributed by atoms with van der Waals surface area (Å²) in [6.07, 6.45) is 4.06. The summed E-state index contributed by atoms with van der Waals surface area (Å²) in [4.78, 5) is 16.7. The van der Waals surface area contributed by atoms with E-state index in [1.54, 1.807) is 22.5 Å². The van der Waals surface area contributed by atoms with Gasteiger partial charge in [0.15, 0.2) is 5.16 Å². The Morgan fingerprint density at radius 3 is 2.78 bits per heavy atom. The molecule has 0 radical (unpaired) electrons. The van der Waals surface area contributed by atoms with E-state index in [4.69, 9.17) is 14.5 Å². The molecule has 0 bridgehead atoms. The third kappa shape index (κ3) is 5.87. The predicted octanol–water partition coefficient (Wildman–Crippen LogP) is 4.85. The second-order valence-corrected chi connectivity index (χ2v) is 12.8. The number of sulfonamides is 1. The maximum atomic E-state index is 13.4. The summed E-state index contributed by atoms with van der Waals surface area (Å²) in [7, 11) is -3.58. The number of esters is 1. The van der Waals surface area contributed by atoms with E-state index >= 15 is 0 Å². The smallest absolute Gasteiger partial charge is 0.308 e. The third-order valence-corrected chi connectivity index (χ3v) is 9.82. The van der Waals surface area contributed by atoms with Crippen molar-refractivity contribution >= 4 is 38.8 Å². The lowest BCUT2D eigenvalue weighted by Gasteiger charge is -2.30. The summed E-state index contributed by atoms with van der Waals surface area (Å²) in [6, 6.07) is 12.7. The maximum Gasteiger partial charge on any atom is 0.308 e. The molecule has 2 atom stereocenters. The minimum Gasteiger partial charge on any atom is -0.426 e. The van der Waals surface area contributed by atoms with Crippen LogP contribution in [0.25, 0.3) is 11.0 Å². The summed E-state index contributed by atoms with van der Waals surface area (Å²) in [5, 5.41) is 0.782. The predicted molar refractivity (Wildman–Crippen MR) is 143 cm³/mol. The SMILES string of the molecule is CC(=O)Oc1ccccc1CSc1nc2cc(S(=O)(=O)N3CCC[C@@H](C)C3)ccc2n1C[C@H]1CCCO1. The van der Waals surface area contributed by atoms with Crippen molar-refractivity contribution in [1.82, 2.24) is 13.9 Å². The number of thioether (sulfide) groups is 1. The average molecular weight is 544 g/mol. The van der Waals surface area contributed by atoms with Crippen LogP contribution >= 0.6 is 11.8 Å². The first-order chi connectivity index (χ1) is 17.8. The number of imidazole rings is 1. The van der Waals surface area contributed by atoms with Gasteiger partial charge >= 0.3 is 5.97 Å². The van der Waals surface area contributed by atoms with Gasteiger partial charge in [-0.1, -0.05) is 36.9 Å². The first kappa shape index (κ1) is 26.2. The molecule has 1 aromatic heterocycles.